The largest absolute Gasteiger partial charge is 0.349 e. The molecule has 1 aliphatic rings. The fourth-order valence-corrected chi connectivity index (χ4v) is 3.09. The molecule has 0 saturated heterocycles. The molecular weight excluding hydrogens is 333 g/mol. The lowest BCUT2D eigenvalue weighted by atomic mass is 10.1. The Kier molecular flexibility index (Phi) is 3.81. The Morgan fingerprint density at radius 1 is 1.29 bits per heavy atom. The normalized spacial score (nSPS) is 20.1. The molecule has 0 bridgehead atoms. The van der Waals surface area contributed by atoms with E-state index in [4.69, 9.17) is 0 Å². The van der Waals surface area contributed by atoms with Gasteiger partial charge in [0.1, 0.15) is 5.82 Å². The van der Waals surface area contributed by atoms with Crippen LogP contribution in [0, 0.1) is 12.7 Å². The Balaban J connectivity index is 1.67. The molecule has 1 amide bonds. The zero-order chi connectivity index (χ0) is 15.0. The third-order valence-corrected chi connectivity index (χ3v) is 4.55. The van der Waals surface area contributed by atoms with Crippen molar-refractivity contribution in [1.29, 1.82) is 0 Å². The Morgan fingerprint density at radius 3 is 2.76 bits per heavy atom. The Bertz CT molecular complexity index is 701. The molecule has 2 atom stereocenters. The van der Waals surface area contributed by atoms with Gasteiger partial charge < -0.3 is 5.32 Å². The second-order valence-corrected chi connectivity index (χ2v) is 6.26. The maximum atomic E-state index is 13.2. The van der Waals surface area contributed by atoms with Gasteiger partial charge in [0.2, 0.25) is 0 Å². The van der Waals surface area contributed by atoms with Gasteiger partial charge in [-0.3, -0.25) is 4.79 Å². The summed E-state index contributed by atoms with van der Waals surface area (Å²) >= 11 is 3.54. The number of benzene rings is 2. The fourth-order valence-electron chi connectivity index (χ4n) is 2.51. The highest BCUT2D eigenvalue weighted by Crippen LogP contribution is 2.43. The van der Waals surface area contributed by atoms with Crippen molar-refractivity contribution >= 4 is 21.8 Å². The lowest BCUT2D eigenvalue weighted by molar-refractivity contribution is 0.0950. The van der Waals surface area contributed by atoms with Gasteiger partial charge in [0.05, 0.1) is 0 Å². The minimum Gasteiger partial charge on any atom is -0.349 e. The zero-order valence-electron chi connectivity index (χ0n) is 11.6. The molecule has 0 unspecified atom stereocenters. The number of hydrogen-bond acceptors (Lipinski definition) is 1. The summed E-state index contributed by atoms with van der Waals surface area (Å²) in [5.74, 6) is -0.0761. The van der Waals surface area contributed by atoms with Crippen molar-refractivity contribution in [3.63, 3.8) is 0 Å². The van der Waals surface area contributed by atoms with Crippen LogP contribution in [0.5, 0.6) is 0 Å². The second-order valence-electron chi connectivity index (χ2n) is 5.41. The van der Waals surface area contributed by atoms with Gasteiger partial charge in [-0.25, -0.2) is 4.39 Å². The van der Waals surface area contributed by atoms with E-state index in [2.05, 4.69) is 27.3 Å². The number of amides is 1. The third-order valence-electron chi connectivity index (χ3n) is 3.83. The van der Waals surface area contributed by atoms with Crippen molar-refractivity contribution in [2.24, 2.45) is 0 Å². The standard InChI is InChI=1S/C17H15BrFNO/c1-10-8-11(6-7-15(10)19)17(21)20-16-9-13(16)12-4-2-3-5-14(12)18/h2-8,13,16H,9H2,1H3,(H,20,21)/t13-,16+/m0/s1. The Morgan fingerprint density at radius 2 is 2.05 bits per heavy atom. The van der Waals surface area contributed by atoms with Crippen LogP contribution in [-0.2, 0) is 0 Å². The van der Waals surface area contributed by atoms with Crippen LogP contribution in [0.15, 0.2) is 46.9 Å². The quantitative estimate of drug-likeness (QED) is 0.886. The van der Waals surface area contributed by atoms with Gasteiger partial charge in [0.25, 0.3) is 5.91 Å². The van der Waals surface area contributed by atoms with Crippen molar-refractivity contribution in [2.45, 2.75) is 25.3 Å². The van der Waals surface area contributed by atoms with Crippen LogP contribution >= 0.6 is 15.9 Å². The molecule has 21 heavy (non-hydrogen) atoms. The highest BCUT2D eigenvalue weighted by molar-refractivity contribution is 9.10. The van der Waals surface area contributed by atoms with Crippen LogP contribution in [-0.4, -0.2) is 11.9 Å². The first kappa shape index (κ1) is 14.3. The van der Waals surface area contributed by atoms with Gasteiger partial charge in [-0.2, -0.15) is 0 Å². The predicted molar refractivity (Wildman–Crippen MR) is 83.9 cm³/mol. The summed E-state index contributed by atoms with van der Waals surface area (Å²) in [6, 6.07) is 12.7. The first-order chi connectivity index (χ1) is 10.1. The summed E-state index contributed by atoms with van der Waals surface area (Å²) in [6.07, 6.45) is 0.939. The minimum absolute atomic E-state index is 0.141. The number of halogens is 2. The summed E-state index contributed by atoms with van der Waals surface area (Å²) in [6.45, 7) is 1.66. The molecule has 1 aliphatic carbocycles. The third kappa shape index (κ3) is 3.00. The Hall–Kier alpha value is -1.68. The van der Waals surface area contributed by atoms with E-state index in [0.29, 0.717) is 17.0 Å². The molecular formula is C17H15BrFNO. The smallest absolute Gasteiger partial charge is 0.251 e. The lowest BCUT2D eigenvalue weighted by Crippen LogP contribution is -2.26. The van der Waals surface area contributed by atoms with Crippen molar-refractivity contribution in [3.05, 3.63) is 69.4 Å². The average molecular weight is 348 g/mol. The van der Waals surface area contributed by atoms with Gasteiger partial charge in [-0.05, 0) is 48.7 Å². The molecule has 0 radical (unpaired) electrons. The maximum absolute atomic E-state index is 13.2. The second kappa shape index (κ2) is 5.60. The number of rotatable bonds is 3. The molecule has 1 fully saturated rings. The summed E-state index contributed by atoms with van der Waals surface area (Å²) in [5.41, 5.74) is 2.21. The van der Waals surface area contributed by atoms with E-state index in [0.717, 1.165) is 10.9 Å². The predicted octanol–water partition coefficient (Wildman–Crippen LogP) is 4.18. The van der Waals surface area contributed by atoms with Gasteiger partial charge >= 0.3 is 0 Å². The van der Waals surface area contributed by atoms with E-state index in [9.17, 15) is 9.18 Å². The van der Waals surface area contributed by atoms with Gasteiger partial charge in [-0.1, -0.05) is 34.1 Å². The molecule has 1 saturated carbocycles. The molecule has 4 heteroatoms. The van der Waals surface area contributed by atoms with Crippen LogP contribution in [0.2, 0.25) is 0 Å². The average Bonchev–Trinajstić information content (AvgIpc) is 3.21. The fraction of sp³-hybridized carbons (Fsp3) is 0.235. The van der Waals surface area contributed by atoms with E-state index < -0.39 is 0 Å². The Labute approximate surface area is 131 Å². The van der Waals surface area contributed by atoms with E-state index in [-0.39, 0.29) is 17.8 Å². The first-order valence-corrected chi connectivity index (χ1v) is 7.67. The molecule has 0 heterocycles. The number of nitrogens with one attached hydrogen (secondary N) is 1. The summed E-state index contributed by atoms with van der Waals surface area (Å²) in [4.78, 5) is 12.2. The van der Waals surface area contributed by atoms with Gasteiger partial charge in [0.15, 0.2) is 0 Å². The van der Waals surface area contributed by atoms with Crippen LogP contribution < -0.4 is 5.32 Å². The van der Waals surface area contributed by atoms with Crippen LogP contribution in [0.4, 0.5) is 4.39 Å². The highest BCUT2D eigenvalue weighted by atomic mass is 79.9. The zero-order valence-corrected chi connectivity index (χ0v) is 13.2. The lowest BCUT2D eigenvalue weighted by Gasteiger charge is -2.07. The SMILES string of the molecule is Cc1cc(C(=O)N[C@@H]2C[C@H]2c2ccccc2Br)ccc1F. The number of hydrogen-bond donors (Lipinski definition) is 1. The monoisotopic (exact) mass is 347 g/mol. The molecule has 2 nitrogen and oxygen atoms in total. The molecule has 0 aliphatic heterocycles. The maximum Gasteiger partial charge on any atom is 0.251 e. The van der Waals surface area contributed by atoms with E-state index in [1.54, 1.807) is 13.0 Å². The van der Waals surface area contributed by atoms with E-state index in [1.165, 1.54) is 17.7 Å². The van der Waals surface area contributed by atoms with Crippen molar-refractivity contribution in [1.82, 2.24) is 5.32 Å². The summed E-state index contributed by atoms with van der Waals surface area (Å²) in [5, 5.41) is 3.01. The van der Waals surface area contributed by atoms with Gasteiger partial charge in [-0.15, -0.1) is 0 Å². The molecule has 108 valence electrons. The molecule has 1 N–H and O–H groups in total. The molecule has 3 rings (SSSR count). The molecule has 0 aromatic heterocycles. The minimum atomic E-state index is -0.288. The topological polar surface area (TPSA) is 29.1 Å². The number of carbonyl (C=O) groups is 1. The number of aryl methyl sites for hydroxylation is 1. The van der Waals surface area contributed by atoms with Crippen molar-refractivity contribution < 1.29 is 9.18 Å². The van der Waals surface area contributed by atoms with Crippen molar-refractivity contribution in [2.75, 3.05) is 0 Å². The number of carbonyl (C=O) groups excluding carboxylic acids is 1. The van der Waals surface area contributed by atoms with Crippen LogP contribution in [0.25, 0.3) is 0 Å². The van der Waals surface area contributed by atoms with E-state index >= 15 is 0 Å². The molecule has 2 aromatic rings. The molecule has 0 spiro atoms. The van der Waals surface area contributed by atoms with Crippen LogP contribution in [0.1, 0.15) is 33.8 Å². The summed E-state index contributed by atoms with van der Waals surface area (Å²) < 4.78 is 14.3. The van der Waals surface area contributed by atoms with Gasteiger partial charge in [0, 0.05) is 22.0 Å². The first-order valence-electron chi connectivity index (χ1n) is 6.87. The van der Waals surface area contributed by atoms with E-state index in [1.807, 2.05) is 18.2 Å². The summed E-state index contributed by atoms with van der Waals surface area (Å²) in [7, 11) is 0. The molecule has 2 aromatic carbocycles. The van der Waals surface area contributed by atoms with Crippen molar-refractivity contribution in [3.8, 4) is 0 Å². The highest BCUT2D eigenvalue weighted by Gasteiger charge is 2.40. The van der Waals surface area contributed by atoms with Crippen LogP contribution in [0.3, 0.4) is 0 Å².